The maximum Gasteiger partial charge on any atom is 0.274 e. The highest BCUT2D eigenvalue weighted by molar-refractivity contribution is 7.99. The van der Waals surface area contributed by atoms with Gasteiger partial charge in [-0.2, -0.15) is 10.2 Å². The molecule has 0 aliphatic heterocycles. The number of benzene rings is 2. The van der Waals surface area contributed by atoms with Gasteiger partial charge in [0.2, 0.25) is 5.91 Å². The van der Waals surface area contributed by atoms with Gasteiger partial charge in [-0.1, -0.05) is 30.0 Å². The van der Waals surface area contributed by atoms with E-state index in [4.69, 9.17) is 4.74 Å². The van der Waals surface area contributed by atoms with Gasteiger partial charge in [-0.3, -0.25) is 14.7 Å². The Morgan fingerprint density at radius 1 is 1.23 bits per heavy atom. The number of aryl methyl sites for hydroxylation is 1. The molecule has 0 radical (unpaired) electrons. The zero-order chi connectivity index (χ0) is 21.8. The van der Waals surface area contributed by atoms with Crippen molar-refractivity contribution >= 4 is 28.4 Å². The van der Waals surface area contributed by atoms with E-state index in [2.05, 4.69) is 25.6 Å². The van der Waals surface area contributed by atoms with Crippen LogP contribution in [0.4, 0.5) is 0 Å². The molecule has 2 heterocycles. The highest BCUT2D eigenvalue weighted by Gasteiger charge is 2.14. The molecule has 2 aromatic heterocycles. The van der Waals surface area contributed by atoms with E-state index in [9.17, 15) is 9.59 Å². The van der Waals surface area contributed by atoms with E-state index in [1.54, 1.807) is 20.2 Å². The third-order valence-electron chi connectivity index (χ3n) is 4.72. The number of amides is 1. The van der Waals surface area contributed by atoms with Gasteiger partial charge in [-0.05, 0) is 24.3 Å². The highest BCUT2D eigenvalue weighted by Crippen LogP contribution is 2.29. The van der Waals surface area contributed by atoms with Crippen LogP contribution < -0.4 is 15.6 Å². The van der Waals surface area contributed by atoms with Crippen LogP contribution in [0.1, 0.15) is 5.56 Å². The number of hydrogen-bond donors (Lipinski definition) is 2. The van der Waals surface area contributed by atoms with Gasteiger partial charge in [0.15, 0.2) is 5.16 Å². The number of ether oxygens (including phenoxy) is 1. The van der Waals surface area contributed by atoms with Gasteiger partial charge in [-0.15, -0.1) is 0 Å². The van der Waals surface area contributed by atoms with Crippen molar-refractivity contribution in [2.75, 3.05) is 12.9 Å². The molecule has 0 spiro atoms. The largest absolute Gasteiger partial charge is 0.496 e. The van der Waals surface area contributed by atoms with Crippen LogP contribution >= 0.6 is 11.8 Å². The summed E-state index contributed by atoms with van der Waals surface area (Å²) in [6.45, 7) is 0.288. The monoisotopic (exact) mass is 436 g/mol. The van der Waals surface area contributed by atoms with Crippen LogP contribution in [0.3, 0.4) is 0 Å². The number of aromatic nitrogens is 5. The zero-order valence-electron chi connectivity index (χ0n) is 17.0. The number of nitrogens with one attached hydrogen (secondary N) is 2. The Labute approximate surface area is 181 Å². The topological polar surface area (TPSA) is 115 Å². The summed E-state index contributed by atoms with van der Waals surface area (Å²) in [5.41, 5.74) is 2.17. The Hall–Kier alpha value is -3.66. The second kappa shape index (κ2) is 9.00. The van der Waals surface area contributed by atoms with Crippen molar-refractivity contribution in [3.8, 4) is 17.0 Å². The van der Waals surface area contributed by atoms with Crippen LogP contribution in [-0.4, -0.2) is 43.7 Å². The van der Waals surface area contributed by atoms with E-state index in [1.807, 2.05) is 36.4 Å². The fourth-order valence-corrected chi connectivity index (χ4v) is 3.83. The minimum Gasteiger partial charge on any atom is -0.496 e. The lowest BCUT2D eigenvalue weighted by Crippen LogP contribution is -2.25. The Kier molecular flexibility index (Phi) is 5.99. The van der Waals surface area contributed by atoms with Gasteiger partial charge in [-0.25, -0.2) is 9.67 Å². The summed E-state index contributed by atoms with van der Waals surface area (Å²) in [5, 5.41) is 15.8. The van der Waals surface area contributed by atoms with Crippen molar-refractivity contribution in [3.63, 3.8) is 0 Å². The molecule has 0 fully saturated rings. The molecular weight excluding hydrogens is 416 g/mol. The quantitative estimate of drug-likeness (QED) is 0.427. The molecule has 10 heteroatoms. The summed E-state index contributed by atoms with van der Waals surface area (Å²) in [6, 6.07) is 13.0. The van der Waals surface area contributed by atoms with Crippen molar-refractivity contribution in [2.24, 2.45) is 7.05 Å². The van der Waals surface area contributed by atoms with Gasteiger partial charge in [0, 0.05) is 30.1 Å². The molecule has 0 unspecified atom stereocenters. The first kappa shape index (κ1) is 20.6. The van der Waals surface area contributed by atoms with E-state index in [-0.39, 0.29) is 23.8 Å². The first-order chi connectivity index (χ1) is 15.1. The van der Waals surface area contributed by atoms with E-state index >= 15 is 0 Å². The number of carbonyl (C=O) groups excluding carboxylic acids is 1. The predicted molar refractivity (Wildman–Crippen MR) is 118 cm³/mol. The Balaban J connectivity index is 1.60. The molecular formula is C21H20N6O3S. The first-order valence-electron chi connectivity index (χ1n) is 9.45. The number of carbonyl (C=O) groups is 1. The molecule has 31 heavy (non-hydrogen) atoms. The van der Waals surface area contributed by atoms with Crippen LogP contribution in [0, 0.1) is 0 Å². The maximum atomic E-state index is 12.4. The number of hydrogen-bond acceptors (Lipinski definition) is 7. The molecule has 0 bridgehead atoms. The normalized spacial score (nSPS) is 10.9. The molecule has 1 amide bonds. The average Bonchev–Trinajstić information content (AvgIpc) is 3.32. The van der Waals surface area contributed by atoms with Gasteiger partial charge in [0.1, 0.15) is 12.1 Å². The Morgan fingerprint density at radius 2 is 2.03 bits per heavy atom. The molecule has 0 aliphatic rings. The third-order valence-corrected chi connectivity index (χ3v) is 5.60. The minimum atomic E-state index is -0.149. The van der Waals surface area contributed by atoms with Crippen LogP contribution in [0.25, 0.3) is 22.0 Å². The van der Waals surface area contributed by atoms with Gasteiger partial charge < -0.3 is 10.1 Å². The van der Waals surface area contributed by atoms with Gasteiger partial charge >= 0.3 is 0 Å². The summed E-state index contributed by atoms with van der Waals surface area (Å²) in [5.74, 6) is 0.727. The van der Waals surface area contributed by atoms with Crippen molar-refractivity contribution in [1.82, 2.24) is 30.3 Å². The second-order valence-electron chi connectivity index (χ2n) is 6.71. The number of methoxy groups -OCH3 is 1. The fraction of sp³-hybridized carbons (Fsp3) is 0.190. The van der Waals surface area contributed by atoms with E-state index in [1.165, 1.54) is 22.8 Å². The number of fused-ring (bicyclic) bond motifs is 1. The molecule has 0 aliphatic carbocycles. The molecule has 4 aromatic rings. The zero-order valence-corrected chi connectivity index (χ0v) is 17.8. The number of H-pyrrole nitrogens is 1. The SMILES string of the molecule is COc1ccc(-c2nn(C)c(=O)c3ccccc23)cc1CNC(=O)CSc1ncn[nH]1. The molecule has 0 atom stereocenters. The van der Waals surface area contributed by atoms with Crippen molar-refractivity contribution in [3.05, 3.63) is 64.7 Å². The third kappa shape index (κ3) is 4.43. The smallest absolute Gasteiger partial charge is 0.274 e. The summed E-state index contributed by atoms with van der Waals surface area (Å²) in [4.78, 5) is 28.6. The van der Waals surface area contributed by atoms with Crippen LogP contribution in [0.5, 0.6) is 5.75 Å². The van der Waals surface area contributed by atoms with E-state index < -0.39 is 0 Å². The Morgan fingerprint density at radius 3 is 2.77 bits per heavy atom. The fourth-order valence-electron chi connectivity index (χ4n) is 3.22. The van der Waals surface area contributed by atoms with Crippen LogP contribution in [-0.2, 0) is 18.4 Å². The molecule has 2 aromatic carbocycles. The summed E-state index contributed by atoms with van der Waals surface area (Å²) >= 11 is 1.27. The summed E-state index contributed by atoms with van der Waals surface area (Å²) in [6.07, 6.45) is 1.40. The summed E-state index contributed by atoms with van der Waals surface area (Å²) in [7, 11) is 3.22. The number of aromatic amines is 1. The van der Waals surface area contributed by atoms with Crippen LogP contribution in [0.2, 0.25) is 0 Å². The summed E-state index contributed by atoms with van der Waals surface area (Å²) < 4.78 is 6.80. The van der Waals surface area contributed by atoms with Gasteiger partial charge in [0.25, 0.3) is 5.56 Å². The minimum absolute atomic E-state index is 0.139. The van der Waals surface area contributed by atoms with Gasteiger partial charge in [0.05, 0.1) is 23.9 Å². The highest BCUT2D eigenvalue weighted by atomic mass is 32.2. The van der Waals surface area contributed by atoms with Crippen LogP contribution in [0.15, 0.2) is 58.7 Å². The van der Waals surface area contributed by atoms with E-state index in [0.29, 0.717) is 22.0 Å². The van der Waals surface area contributed by atoms with Crippen molar-refractivity contribution < 1.29 is 9.53 Å². The van der Waals surface area contributed by atoms with Crippen molar-refractivity contribution in [2.45, 2.75) is 11.7 Å². The standard InChI is InChI=1S/C21H20N6O3S/c1-27-20(29)16-6-4-3-5-15(16)19(26-27)13-7-8-17(30-2)14(9-13)10-22-18(28)11-31-21-23-12-24-25-21/h3-9,12H,10-11H2,1-2H3,(H,22,28)(H,23,24,25). The molecule has 0 saturated heterocycles. The Bertz CT molecular complexity index is 1290. The lowest BCUT2D eigenvalue weighted by atomic mass is 10.0. The second-order valence-corrected chi connectivity index (χ2v) is 7.67. The lowest BCUT2D eigenvalue weighted by molar-refractivity contribution is -0.118. The molecule has 9 nitrogen and oxygen atoms in total. The average molecular weight is 436 g/mol. The van der Waals surface area contributed by atoms with Crippen molar-refractivity contribution in [1.29, 1.82) is 0 Å². The first-order valence-corrected chi connectivity index (χ1v) is 10.4. The molecule has 0 saturated carbocycles. The number of nitrogens with zero attached hydrogens (tertiary/aromatic N) is 4. The lowest BCUT2D eigenvalue weighted by Gasteiger charge is -2.13. The number of rotatable bonds is 7. The molecule has 4 rings (SSSR count). The molecule has 158 valence electrons. The predicted octanol–water partition coefficient (Wildman–Crippen LogP) is 2.14. The molecule has 2 N–H and O–H groups in total. The maximum absolute atomic E-state index is 12.4. The van der Waals surface area contributed by atoms with E-state index in [0.717, 1.165) is 16.5 Å². The number of thioether (sulfide) groups is 1.